The molecule has 0 aliphatic rings. The molecule has 0 fully saturated rings. The number of para-hydroxylation sites is 1. The highest BCUT2D eigenvalue weighted by molar-refractivity contribution is 6.08. The molecule has 0 atom stereocenters. The zero-order chi connectivity index (χ0) is 17.5. The van der Waals surface area contributed by atoms with Gasteiger partial charge in [0.05, 0.1) is 0 Å². The van der Waals surface area contributed by atoms with Gasteiger partial charge in [0.1, 0.15) is 0 Å². The summed E-state index contributed by atoms with van der Waals surface area (Å²) in [6, 6.07) is 18.7. The van der Waals surface area contributed by atoms with Gasteiger partial charge in [-0.25, -0.2) is 0 Å². The van der Waals surface area contributed by atoms with Crippen LogP contribution in [0.25, 0.3) is 10.9 Å². The lowest BCUT2D eigenvalue weighted by Crippen LogP contribution is -1.97. The van der Waals surface area contributed by atoms with E-state index in [0.717, 1.165) is 17.5 Å². The number of rotatable bonds is 4. The van der Waals surface area contributed by atoms with Crippen LogP contribution < -0.4 is 0 Å². The van der Waals surface area contributed by atoms with Gasteiger partial charge in [0.15, 0.2) is 0 Å². The van der Waals surface area contributed by atoms with Crippen LogP contribution in [0.3, 0.4) is 0 Å². The van der Waals surface area contributed by atoms with Crippen molar-refractivity contribution < 1.29 is 9.90 Å². The third-order valence-electron chi connectivity index (χ3n) is 3.69. The number of carboxylic acids is 1. The van der Waals surface area contributed by atoms with E-state index in [-0.39, 0.29) is 6.42 Å². The fourth-order valence-electron chi connectivity index (χ4n) is 2.46. The van der Waals surface area contributed by atoms with Crippen molar-refractivity contribution in [2.24, 2.45) is 0 Å². The smallest absolute Gasteiger partial charge is 0.303 e. The van der Waals surface area contributed by atoms with Crippen molar-refractivity contribution in [3.05, 3.63) is 71.9 Å². The summed E-state index contributed by atoms with van der Waals surface area (Å²) in [5, 5.41) is 16.8. The Hall–Kier alpha value is -2.88. The second-order valence-electron chi connectivity index (χ2n) is 5.55. The van der Waals surface area contributed by atoms with Gasteiger partial charge < -0.3 is 15.1 Å². The molecule has 4 heteroatoms. The molecule has 0 spiro atoms. The lowest BCUT2D eigenvalue weighted by Gasteiger charge is -2.05. The zero-order valence-corrected chi connectivity index (χ0v) is 14.0. The average Bonchev–Trinajstić information content (AvgIpc) is 2.95. The second kappa shape index (κ2) is 8.11. The summed E-state index contributed by atoms with van der Waals surface area (Å²) < 4.78 is 2.22. The molecular formula is C20H22N2O2. The zero-order valence-electron chi connectivity index (χ0n) is 14.0. The van der Waals surface area contributed by atoms with Crippen LogP contribution in [0.2, 0.25) is 0 Å². The number of hydrogen-bond donors (Lipinski definition) is 2. The molecule has 0 saturated heterocycles. The fourth-order valence-corrected chi connectivity index (χ4v) is 2.46. The van der Waals surface area contributed by atoms with Crippen molar-refractivity contribution in [1.82, 2.24) is 4.57 Å². The van der Waals surface area contributed by atoms with Crippen LogP contribution >= 0.6 is 0 Å². The van der Waals surface area contributed by atoms with Gasteiger partial charge in [-0.05, 0) is 18.6 Å². The van der Waals surface area contributed by atoms with Crippen molar-refractivity contribution in [3.8, 4) is 0 Å². The molecule has 1 aromatic heterocycles. The molecule has 0 unspecified atom stereocenters. The van der Waals surface area contributed by atoms with E-state index in [1.165, 1.54) is 11.1 Å². The van der Waals surface area contributed by atoms with E-state index < -0.39 is 5.97 Å². The van der Waals surface area contributed by atoms with E-state index >= 15 is 0 Å². The summed E-state index contributed by atoms with van der Waals surface area (Å²) in [5.74, 6) is -0.745. The SMILES string of the molecule is CC(=N)c1cn(Cc2ccccc2)c2ccccc12.CCC(=O)O. The summed E-state index contributed by atoms with van der Waals surface area (Å²) >= 11 is 0. The third kappa shape index (κ3) is 4.32. The number of benzene rings is 2. The van der Waals surface area contributed by atoms with Gasteiger partial charge in [-0.2, -0.15) is 0 Å². The van der Waals surface area contributed by atoms with E-state index in [1.807, 2.05) is 25.1 Å². The van der Waals surface area contributed by atoms with E-state index in [1.54, 1.807) is 6.92 Å². The maximum Gasteiger partial charge on any atom is 0.303 e. The molecular weight excluding hydrogens is 300 g/mol. The number of carboxylic acid groups (broad SMARTS) is 1. The van der Waals surface area contributed by atoms with Gasteiger partial charge in [0, 0.05) is 41.3 Å². The van der Waals surface area contributed by atoms with Crippen LogP contribution in [0.15, 0.2) is 60.8 Å². The van der Waals surface area contributed by atoms with Gasteiger partial charge in [-0.3, -0.25) is 4.79 Å². The van der Waals surface area contributed by atoms with Crippen molar-refractivity contribution >= 4 is 22.6 Å². The maximum absolute atomic E-state index is 9.37. The van der Waals surface area contributed by atoms with Gasteiger partial charge in [0.2, 0.25) is 0 Å². The topological polar surface area (TPSA) is 66.1 Å². The lowest BCUT2D eigenvalue weighted by molar-refractivity contribution is -0.136. The van der Waals surface area contributed by atoms with Crippen LogP contribution in [-0.4, -0.2) is 21.4 Å². The molecule has 2 aromatic carbocycles. The summed E-state index contributed by atoms with van der Waals surface area (Å²) in [5.41, 5.74) is 4.10. The number of fused-ring (bicyclic) bond motifs is 1. The highest BCUT2D eigenvalue weighted by atomic mass is 16.4. The van der Waals surface area contributed by atoms with Crippen molar-refractivity contribution in [2.45, 2.75) is 26.8 Å². The number of nitrogens with one attached hydrogen (secondary N) is 1. The van der Waals surface area contributed by atoms with Gasteiger partial charge in [-0.1, -0.05) is 55.5 Å². The minimum absolute atomic E-state index is 0.222. The molecule has 4 nitrogen and oxygen atoms in total. The number of aromatic nitrogens is 1. The molecule has 1 heterocycles. The van der Waals surface area contributed by atoms with Crippen molar-refractivity contribution in [3.63, 3.8) is 0 Å². The van der Waals surface area contributed by atoms with Crippen LogP contribution in [0.1, 0.15) is 31.4 Å². The number of carbonyl (C=O) groups is 1. The normalized spacial score (nSPS) is 10.1. The van der Waals surface area contributed by atoms with Crippen molar-refractivity contribution in [1.29, 1.82) is 5.41 Å². The Labute approximate surface area is 141 Å². The Morgan fingerprint density at radius 2 is 1.67 bits per heavy atom. The third-order valence-corrected chi connectivity index (χ3v) is 3.69. The predicted octanol–water partition coefficient (Wildman–Crippen LogP) is 4.56. The van der Waals surface area contributed by atoms with E-state index in [9.17, 15) is 4.79 Å². The van der Waals surface area contributed by atoms with Gasteiger partial charge in [0.25, 0.3) is 0 Å². The van der Waals surface area contributed by atoms with Crippen LogP contribution in [-0.2, 0) is 11.3 Å². The monoisotopic (exact) mass is 322 g/mol. The summed E-state index contributed by atoms with van der Waals surface area (Å²) in [4.78, 5) is 9.37. The molecule has 0 radical (unpaired) electrons. The molecule has 3 rings (SSSR count). The van der Waals surface area contributed by atoms with E-state index in [0.29, 0.717) is 5.71 Å². The Morgan fingerprint density at radius 3 is 2.25 bits per heavy atom. The van der Waals surface area contributed by atoms with Crippen LogP contribution in [0, 0.1) is 5.41 Å². The molecule has 0 bridgehead atoms. The van der Waals surface area contributed by atoms with Crippen LogP contribution in [0.4, 0.5) is 0 Å². The highest BCUT2D eigenvalue weighted by Crippen LogP contribution is 2.22. The largest absolute Gasteiger partial charge is 0.481 e. The summed E-state index contributed by atoms with van der Waals surface area (Å²) in [7, 11) is 0. The number of aliphatic carboxylic acids is 1. The lowest BCUT2D eigenvalue weighted by atomic mass is 10.1. The van der Waals surface area contributed by atoms with Gasteiger partial charge >= 0.3 is 5.97 Å². The fraction of sp³-hybridized carbons (Fsp3) is 0.200. The van der Waals surface area contributed by atoms with E-state index in [4.69, 9.17) is 10.5 Å². The first-order valence-electron chi connectivity index (χ1n) is 7.92. The molecule has 124 valence electrons. The summed E-state index contributed by atoms with van der Waals surface area (Å²) in [6.45, 7) is 4.28. The number of nitrogens with zero attached hydrogens (tertiary/aromatic N) is 1. The molecule has 0 saturated carbocycles. The summed E-state index contributed by atoms with van der Waals surface area (Å²) in [6.07, 6.45) is 2.31. The quantitative estimate of drug-likeness (QED) is 0.692. The molecule has 24 heavy (non-hydrogen) atoms. The Balaban J connectivity index is 0.000000368. The van der Waals surface area contributed by atoms with E-state index in [2.05, 4.69) is 47.2 Å². The van der Waals surface area contributed by atoms with Crippen LogP contribution in [0.5, 0.6) is 0 Å². The second-order valence-corrected chi connectivity index (χ2v) is 5.55. The standard InChI is InChI=1S/C17H16N2.C3H6O2/c1-13(18)16-12-19(11-14-7-3-2-4-8-14)17-10-6-5-9-15(16)17;1-2-3(4)5/h2-10,12,18H,11H2,1H3;2H2,1H3,(H,4,5). The maximum atomic E-state index is 9.37. The van der Waals surface area contributed by atoms with Crippen molar-refractivity contribution in [2.75, 3.05) is 0 Å². The average molecular weight is 322 g/mol. The first-order valence-corrected chi connectivity index (χ1v) is 7.92. The highest BCUT2D eigenvalue weighted by Gasteiger charge is 2.09. The first kappa shape index (κ1) is 17.5. The minimum Gasteiger partial charge on any atom is -0.481 e. The Kier molecular flexibility index (Phi) is 5.90. The predicted molar refractivity (Wildman–Crippen MR) is 97.9 cm³/mol. The Bertz CT molecular complexity index is 835. The molecule has 0 aliphatic heterocycles. The molecule has 3 aromatic rings. The first-order chi connectivity index (χ1) is 11.5. The molecule has 2 N–H and O–H groups in total. The Morgan fingerprint density at radius 1 is 1.08 bits per heavy atom. The van der Waals surface area contributed by atoms with Gasteiger partial charge in [-0.15, -0.1) is 0 Å². The molecule has 0 aliphatic carbocycles. The number of hydrogen-bond acceptors (Lipinski definition) is 2. The minimum atomic E-state index is -0.745. The molecule has 0 amide bonds.